The SMILES string of the molecule is O=C(Nc1ccc(-n2nc(-c3cccnc3)cc2C(F)(F)F)cn1)c1cccc(N2CCN(C(=O)C3CCCO3)CC2)c1. The molecule has 0 bridgehead atoms. The Morgan fingerprint density at radius 3 is 2.47 bits per heavy atom. The number of pyridine rings is 2. The van der Waals surface area contributed by atoms with Crippen LogP contribution in [0.15, 0.2) is 73.2 Å². The first-order valence-corrected chi connectivity index (χ1v) is 13.9. The molecule has 3 aromatic heterocycles. The molecule has 2 amide bonds. The topological polar surface area (TPSA) is 105 Å². The maximum atomic E-state index is 13.8. The summed E-state index contributed by atoms with van der Waals surface area (Å²) in [4.78, 5) is 37.7. The Morgan fingerprint density at radius 1 is 0.953 bits per heavy atom. The van der Waals surface area contributed by atoms with Crippen LogP contribution in [0.1, 0.15) is 28.9 Å². The van der Waals surface area contributed by atoms with E-state index < -0.39 is 17.8 Å². The third kappa shape index (κ3) is 6.21. The van der Waals surface area contributed by atoms with E-state index in [1.807, 2.05) is 11.0 Å². The summed E-state index contributed by atoms with van der Waals surface area (Å²) in [6.45, 7) is 3.02. The van der Waals surface area contributed by atoms with Crippen LogP contribution in [0.4, 0.5) is 24.7 Å². The molecular formula is C30H28F3N7O3. The minimum Gasteiger partial charge on any atom is -0.368 e. The zero-order valence-electron chi connectivity index (χ0n) is 23.0. The zero-order chi connectivity index (χ0) is 30.0. The smallest absolute Gasteiger partial charge is 0.368 e. The second-order valence-electron chi connectivity index (χ2n) is 10.3. The number of ether oxygens (including phenoxy) is 1. The van der Waals surface area contributed by atoms with Gasteiger partial charge >= 0.3 is 6.18 Å². The van der Waals surface area contributed by atoms with Crippen molar-refractivity contribution < 1.29 is 27.5 Å². The van der Waals surface area contributed by atoms with Crippen LogP contribution in [0, 0.1) is 0 Å². The van der Waals surface area contributed by atoms with Gasteiger partial charge in [-0.05, 0) is 61.4 Å². The van der Waals surface area contributed by atoms with Gasteiger partial charge in [0.15, 0.2) is 0 Å². The molecule has 1 unspecified atom stereocenters. The normalized spacial score (nSPS) is 17.2. The standard InChI is InChI=1S/C30H28F3N7O3/c31-30(32,33)26-17-24(21-5-2-10-34-18-21)37-40(26)23-8-9-27(35-19-23)36-28(41)20-4-1-6-22(16-20)38-11-13-39(14-12-38)29(42)25-7-3-15-43-25/h1-2,4-6,8-10,16-19,25H,3,7,11-15H2,(H,35,36,41). The molecule has 0 aliphatic carbocycles. The summed E-state index contributed by atoms with van der Waals surface area (Å²) in [5.41, 5.74) is 0.934. The number of nitrogens with one attached hydrogen (secondary N) is 1. The van der Waals surface area contributed by atoms with E-state index in [0.717, 1.165) is 29.3 Å². The molecule has 2 aliphatic heterocycles. The molecule has 43 heavy (non-hydrogen) atoms. The second-order valence-corrected chi connectivity index (χ2v) is 10.3. The van der Waals surface area contributed by atoms with E-state index in [-0.39, 0.29) is 29.2 Å². The fourth-order valence-electron chi connectivity index (χ4n) is 5.21. The number of amides is 2. The van der Waals surface area contributed by atoms with Crippen LogP contribution in [-0.2, 0) is 15.7 Å². The van der Waals surface area contributed by atoms with Crippen LogP contribution in [0.5, 0.6) is 0 Å². The van der Waals surface area contributed by atoms with Gasteiger partial charge in [-0.1, -0.05) is 6.07 Å². The van der Waals surface area contributed by atoms with E-state index in [1.54, 1.807) is 30.3 Å². The van der Waals surface area contributed by atoms with Crippen molar-refractivity contribution in [1.29, 1.82) is 0 Å². The molecule has 6 rings (SSSR count). The van der Waals surface area contributed by atoms with Crippen molar-refractivity contribution in [2.75, 3.05) is 43.0 Å². The molecule has 0 saturated carbocycles. The van der Waals surface area contributed by atoms with Crippen molar-refractivity contribution >= 4 is 23.3 Å². The molecule has 2 aliphatic rings. The molecule has 1 N–H and O–H groups in total. The number of hydrogen-bond donors (Lipinski definition) is 1. The number of rotatable bonds is 6. The third-order valence-corrected chi connectivity index (χ3v) is 7.46. The number of aromatic nitrogens is 4. The zero-order valence-corrected chi connectivity index (χ0v) is 23.0. The number of anilines is 2. The van der Waals surface area contributed by atoms with Gasteiger partial charge in [0, 0.05) is 62.0 Å². The highest BCUT2D eigenvalue weighted by atomic mass is 19.4. The molecule has 13 heteroatoms. The van der Waals surface area contributed by atoms with Gasteiger partial charge in [0.05, 0.1) is 17.6 Å². The van der Waals surface area contributed by atoms with Crippen molar-refractivity contribution in [3.63, 3.8) is 0 Å². The minimum absolute atomic E-state index is 0.0416. The summed E-state index contributed by atoms with van der Waals surface area (Å²) in [5.74, 6) is -0.197. The van der Waals surface area contributed by atoms with E-state index in [1.165, 1.54) is 30.7 Å². The molecule has 0 spiro atoms. The Hall–Kier alpha value is -4.78. The average molecular weight is 592 g/mol. The Kier molecular flexibility index (Phi) is 7.80. The van der Waals surface area contributed by atoms with Gasteiger partial charge < -0.3 is 19.9 Å². The van der Waals surface area contributed by atoms with Crippen molar-refractivity contribution in [3.05, 3.63) is 84.4 Å². The number of alkyl halides is 3. The highest BCUT2D eigenvalue weighted by Gasteiger charge is 2.36. The Morgan fingerprint density at radius 2 is 1.79 bits per heavy atom. The van der Waals surface area contributed by atoms with Crippen molar-refractivity contribution in [3.8, 4) is 16.9 Å². The molecule has 1 atom stereocenters. The lowest BCUT2D eigenvalue weighted by Gasteiger charge is -2.37. The van der Waals surface area contributed by atoms with Gasteiger partial charge in [0.1, 0.15) is 17.6 Å². The molecule has 10 nitrogen and oxygen atoms in total. The molecule has 2 fully saturated rings. The van der Waals surface area contributed by atoms with Crippen LogP contribution in [-0.4, -0.2) is 75.4 Å². The minimum atomic E-state index is -4.65. The predicted octanol–water partition coefficient (Wildman–Crippen LogP) is 4.43. The van der Waals surface area contributed by atoms with E-state index in [4.69, 9.17) is 4.74 Å². The Balaban J connectivity index is 1.12. The first-order chi connectivity index (χ1) is 20.8. The summed E-state index contributed by atoms with van der Waals surface area (Å²) in [6, 6.07) is 14.2. The van der Waals surface area contributed by atoms with Crippen LogP contribution < -0.4 is 10.2 Å². The summed E-state index contributed by atoms with van der Waals surface area (Å²) in [7, 11) is 0. The van der Waals surface area contributed by atoms with Gasteiger partial charge in [-0.25, -0.2) is 9.67 Å². The highest BCUT2D eigenvalue weighted by molar-refractivity contribution is 6.04. The largest absolute Gasteiger partial charge is 0.433 e. The second kappa shape index (κ2) is 11.8. The molecule has 1 aromatic carbocycles. The maximum absolute atomic E-state index is 13.8. The van der Waals surface area contributed by atoms with E-state index in [0.29, 0.717) is 43.9 Å². The van der Waals surface area contributed by atoms with Crippen LogP contribution in [0.3, 0.4) is 0 Å². The lowest BCUT2D eigenvalue weighted by atomic mass is 10.1. The van der Waals surface area contributed by atoms with Gasteiger partial charge in [0.25, 0.3) is 11.8 Å². The number of carbonyl (C=O) groups is 2. The van der Waals surface area contributed by atoms with Gasteiger partial charge in [-0.3, -0.25) is 14.6 Å². The fraction of sp³-hybridized carbons (Fsp3) is 0.300. The van der Waals surface area contributed by atoms with E-state index in [9.17, 15) is 22.8 Å². The first kappa shape index (κ1) is 28.3. The molecule has 5 heterocycles. The average Bonchev–Trinajstić information content (AvgIpc) is 3.73. The van der Waals surface area contributed by atoms with Crippen LogP contribution >= 0.6 is 0 Å². The molecule has 4 aromatic rings. The van der Waals surface area contributed by atoms with E-state index >= 15 is 0 Å². The number of piperazine rings is 1. The highest BCUT2D eigenvalue weighted by Crippen LogP contribution is 2.34. The monoisotopic (exact) mass is 591 g/mol. The van der Waals surface area contributed by atoms with Crippen molar-refractivity contribution in [2.24, 2.45) is 0 Å². The van der Waals surface area contributed by atoms with Gasteiger partial charge in [-0.15, -0.1) is 0 Å². The number of nitrogens with zero attached hydrogens (tertiary/aromatic N) is 6. The number of carbonyl (C=O) groups excluding carboxylic acids is 2. The maximum Gasteiger partial charge on any atom is 0.433 e. The van der Waals surface area contributed by atoms with Crippen LogP contribution in [0.2, 0.25) is 0 Å². The first-order valence-electron chi connectivity index (χ1n) is 13.9. The lowest BCUT2D eigenvalue weighted by molar-refractivity contribution is -0.143. The van der Waals surface area contributed by atoms with Crippen molar-refractivity contribution in [1.82, 2.24) is 24.6 Å². The fourth-order valence-corrected chi connectivity index (χ4v) is 5.21. The molecule has 0 radical (unpaired) electrons. The molecular weight excluding hydrogens is 563 g/mol. The number of hydrogen-bond acceptors (Lipinski definition) is 7. The number of halogens is 3. The van der Waals surface area contributed by atoms with Gasteiger partial charge in [-0.2, -0.15) is 18.3 Å². The summed E-state index contributed by atoms with van der Waals surface area (Å²) in [6.07, 6.45) is 0.858. The number of benzene rings is 1. The quantitative estimate of drug-likeness (QED) is 0.354. The molecule has 2 saturated heterocycles. The summed E-state index contributed by atoms with van der Waals surface area (Å²) < 4.78 is 47.7. The van der Waals surface area contributed by atoms with Gasteiger partial charge in [0.2, 0.25) is 0 Å². The summed E-state index contributed by atoms with van der Waals surface area (Å²) in [5, 5.41) is 6.84. The van der Waals surface area contributed by atoms with Crippen LogP contribution in [0.25, 0.3) is 16.9 Å². The predicted molar refractivity (Wildman–Crippen MR) is 152 cm³/mol. The third-order valence-electron chi connectivity index (χ3n) is 7.46. The van der Waals surface area contributed by atoms with E-state index in [2.05, 4.69) is 25.3 Å². The lowest BCUT2D eigenvalue weighted by Crippen LogP contribution is -2.51. The summed E-state index contributed by atoms with van der Waals surface area (Å²) >= 11 is 0. The Bertz CT molecular complexity index is 1600. The van der Waals surface area contributed by atoms with Crippen molar-refractivity contribution in [2.45, 2.75) is 25.1 Å². The molecule has 222 valence electrons. The Labute approximate surface area is 245 Å².